The van der Waals surface area contributed by atoms with Crippen LogP contribution in [0.15, 0.2) is 21.5 Å². The van der Waals surface area contributed by atoms with Gasteiger partial charge in [-0.05, 0) is 54.4 Å². The minimum Gasteiger partial charge on any atom is -0.474 e. The molecule has 1 aromatic heterocycles. The van der Waals surface area contributed by atoms with Crippen molar-refractivity contribution in [3.05, 3.63) is 34.5 Å². The van der Waals surface area contributed by atoms with E-state index in [0.717, 1.165) is 43.4 Å². The molecule has 2 aromatic rings. The Balaban J connectivity index is 1.44. The van der Waals surface area contributed by atoms with Gasteiger partial charge in [0.25, 0.3) is 0 Å². The number of urea groups is 1. The number of benzene rings is 1. The summed E-state index contributed by atoms with van der Waals surface area (Å²) in [6.45, 7) is 0.745. The Labute approximate surface area is 168 Å². The summed E-state index contributed by atoms with van der Waals surface area (Å²) in [7, 11) is -1.92. The van der Waals surface area contributed by atoms with Gasteiger partial charge in [-0.15, -0.1) is 4.36 Å². The number of nitrogens with zero attached hydrogens (tertiary/aromatic N) is 3. The summed E-state index contributed by atoms with van der Waals surface area (Å²) in [6.07, 6.45) is 6.19. The first-order chi connectivity index (χ1) is 14.0. The first kappa shape index (κ1) is 18.6. The smallest absolute Gasteiger partial charge is 0.354 e. The Kier molecular flexibility index (Phi) is 4.37. The maximum Gasteiger partial charge on any atom is 0.354 e. The molecule has 29 heavy (non-hydrogen) atoms. The molecule has 5 rings (SSSR count). The van der Waals surface area contributed by atoms with Crippen LogP contribution < -0.4 is 15.2 Å². The van der Waals surface area contributed by atoms with Crippen molar-refractivity contribution in [1.82, 2.24) is 9.78 Å². The van der Waals surface area contributed by atoms with E-state index in [-0.39, 0.29) is 16.9 Å². The predicted octanol–water partition coefficient (Wildman–Crippen LogP) is 1.81. The first-order valence-corrected chi connectivity index (χ1v) is 11.3. The molecule has 3 aliphatic rings. The summed E-state index contributed by atoms with van der Waals surface area (Å²) < 4.78 is 29.3. The van der Waals surface area contributed by atoms with Crippen LogP contribution in [0, 0.1) is 0 Å². The summed E-state index contributed by atoms with van der Waals surface area (Å²) in [4.78, 5) is 12.8. The number of aromatic nitrogens is 2. The molecule has 2 heterocycles. The van der Waals surface area contributed by atoms with E-state index < -0.39 is 15.9 Å². The lowest BCUT2D eigenvalue weighted by Crippen LogP contribution is -2.32. The van der Waals surface area contributed by atoms with Gasteiger partial charge < -0.3 is 14.8 Å². The monoisotopic (exact) mass is 417 g/mol. The Bertz CT molecular complexity index is 1130. The highest BCUT2D eigenvalue weighted by atomic mass is 32.2. The predicted molar refractivity (Wildman–Crippen MR) is 106 cm³/mol. The fourth-order valence-electron chi connectivity index (χ4n) is 4.29. The Morgan fingerprint density at radius 2 is 2.14 bits per heavy atom. The second-order valence-electron chi connectivity index (χ2n) is 7.64. The average molecular weight is 417 g/mol. The molecule has 2 amide bonds. The molecule has 154 valence electrons. The third kappa shape index (κ3) is 3.11. The number of aryl methyl sites for hydroxylation is 2. The van der Waals surface area contributed by atoms with Crippen LogP contribution in [0.25, 0.3) is 0 Å². The number of fused-ring (bicyclic) bond motifs is 3. The molecule has 0 bridgehead atoms. The topological polar surface area (TPSA) is 121 Å². The number of rotatable bonds is 3. The first-order valence-electron chi connectivity index (χ1n) is 9.70. The molecule has 0 saturated carbocycles. The highest BCUT2D eigenvalue weighted by Gasteiger charge is 2.29. The molecule has 2 aliphatic carbocycles. The highest BCUT2D eigenvalue weighted by Crippen LogP contribution is 2.39. The minimum absolute atomic E-state index is 0.119. The molecule has 0 spiro atoms. The lowest BCUT2D eigenvalue weighted by Gasteiger charge is -2.25. The zero-order chi connectivity index (χ0) is 20.2. The minimum atomic E-state index is -3.51. The van der Waals surface area contributed by atoms with Crippen molar-refractivity contribution in [2.45, 2.75) is 49.6 Å². The van der Waals surface area contributed by atoms with Crippen LogP contribution in [-0.2, 0) is 46.9 Å². The fourth-order valence-corrected chi connectivity index (χ4v) is 5.29. The number of carbonyl (C=O) groups is 1. The van der Waals surface area contributed by atoms with Gasteiger partial charge in [-0.2, -0.15) is 5.10 Å². The SMILES string of the molecule is COC1COc2c(S(N)(=O)=NC(=O)Nc3c4c(cc5c3CC5)CCC4)cnn2C1. The van der Waals surface area contributed by atoms with Gasteiger partial charge in [-0.25, -0.2) is 18.8 Å². The number of anilines is 1. The summed E-state index contributed by atoms with van der Waals surface area (Å²) in [5, 5.41) is 13.0. The van der Waals surface area contributed by atoms with Crippen LogP contribution in [0.1, 0.15) is 28.7 Å². The van der Waals surface area contributed by atoms with Crippen molar-refractivity contribution in [3.63, 3.8) is 0 Å². The molecule has 2 atom stereocenters. The maximum absolute atomic E-state index is 13.1. The second kappa shape index (κ2) is 6.82. The van der Waals surface area contributed by atoms with E-state index in [4.69, 9.17) is 14.6 Å². The molecule has 2 unspecified atom stereocenters. The van der Waals surface area contributed by atoms with E-state index in [2.05, 4.69) is 20.8 Å². The largest absolute Gasteiger partial charge is 0.474 e. The van der Waals surface area contributed by atoms with E-state index in [0.29, 0.717) is 13.2 Å². The van der Waals surface area contributed by atoms with Gasteiger partial charge in [0.1, 0.15) is 17.6 Å². The molecule has 1 aromatic carbocycles. The van der Waals surface area contributed by atoms with Crippen molar-refractivity contribution in [3.8, 4) is 5.88 Å². The number of hydrogen-bond acceptors (Lipinski definition) is 5. The van der Waals surface area contributed by atoms with E-state index >= 15 is 0 Å². The highest BCUT2D eigenvalue weighted by molar-refractivity contribution is 7.91. The van der Waals surface area contributed by atoms with Gasteiger partial charge in [-0.3, -0.25) is 0 Å². The molecule has 3 N–H and O–H groups in total. The number of amides is 2. The molecule has 10 heteroatoms. The van der Waals surface area contributed by atoms with Crippen LogP contribution >= 0.6 is 0 Å². The summed E-state index contributed by atoms with van der Waals surface area (Å²) >= 11 is 0. The zero-order valence-electron chi connectivity index (χ0n) is 16.1. The quantitative estimate of drug-likeness (QED) is 0.789. The number of nitrogens with two attached hydrogens (primary N) is 1. The van der Waals surface area contributed by atoms with E-state index in [1.54, 1.807) is 7.11 Å². The fraction of sp³-hybridized carbons (Fsp3) is 0.474. The van der Waals surface area contributed by atoms with Crippen LogP contribution in [-0.4, -0.2) is 39.8 Å². The Morgan fingerprint density at radius 1 is 1.34 bits per heavy atom. The van der Waals surface area contributed by atoms with Gasteiger partial charge in [0.05, 0.1) is 12.7 Å². The lowest BCUT2D eigenvalue weighted by atomic mass is 9.83. The van der Waals surface area contributed by atoms with Crippen molar-refractivity contribution in [1.29, 1.82) is 0 Å². The van der Waals surface area contributed by atoms with Gasteiger partial charge in [0.2, 0.25) is 5.88 Å². The van der Waals surface area contributed by atoms with Crippen LogP contribution in [0.3, 0.4) is 0 Å². The summed E-state index contributed by atoms with van der Waals surface area (Å²) in [6, 6.07) is 1.54. The Morgan fingerprint density at radius 3 is 2.90 bits per heavy atom. The number of methoxy groups -OCH3 is 1. The lowest BCUT2D eigenvalue weighted by molar-refractivity contribution is 0.0165. The van der Waals surface area contributed by atoms with Crippen LogP contribution in [0.2, 0.25) is 0 Å². The molecule has 0 radical (unpaired) electrons. The van der Waals surface area contributed by atoms with Crippen molar-refractivity contribution in [2.75, 3.05) is 19.0 Å². The van der Waals surface area contributed by atoms with Gasteiger partial charge in [0.15, 0.2) is 9.92 Å². The van der Waals surface area contributed by atoms with Crippen molar-refractivity contribution >= 4 is 21.6 Å². The number of ether oxygens (including phenoxy) is 2. The van der Waals surface area contributed by atoms with Crippen LogP contribution in [0.4, 0.5) is 10.5 Å². The van der Waals surface area contributed by atoms with Gasteiger partial charge >= 0.3 is 6.03 Å². The molecular weight excluding hydrogens is 394 g/mol. The maximum atomic E-state index is 13.1. The average Bonchev–Trinajstić information content (AvgIpc) is 3.30. The molecule has 1 aliphatic heterocycles. The number of nitrogens with one attached hydrogen (secondary N) is 1. The summed E-state index contributed by atoms with van der Waals surface area (Å²) in [5.41, 5.74) is 5.74. The normalized spacial score (nSPS) is 21.1. The van der Waals surface area contributed by atoms with Gasteiger partial charge in [-0.1, -0.05) is 6.07 Å². The number of carbonyl (C=O) groups excluding carboxylic acids is 1. The van der Waals surface area contributed by atoms with Crippen LogP contribution in [0.5, 0.6) is 5.88 Å². The molecule has 9 nitrogen and oxygen atoms in total. The summed E-state index contributed by atoms with van der Waals surface area (Å²) in [5.74, 6) is 0.270. The molecular formula is C19H23N5O4S. The standard InChI is InChI=1S/C19H23N5O4S/c1-27-13-9-24-18(28-10-13)16(8-21-24)29(20,26)23-19(25)22-17-14-4-2-3-11(14)7-12-5-6-15(12)17/h7-8,13H,2-6,9-10H2,1H3,(H3,20,22,23,25,26). The van der Waals surface area contributed by atoms with Crippen molar-refractivity contribution in [2.24, 2.45) is 9.50 Å². The third-order valence-electron chi connectivity index (χ3n) is 5.89. The zero-order valence-corrected chi connectivity index (χ0v) is 17.0. The van der Waals surface area contributed by atoms with Gasteiger partial charge in [0, 0.05) is 12.8 Å². The van der Waals surface area contributed by atoms with Crippen molar-refractivity contribution < 1.29 is 18.5 Å². The van der Waals surface area contributed by atoms with E-state index in [1.807, 2.05) is 0 Å². The van der Waals surface area contributed by atoms with E-state index in [9.17, 15) is 9.00 Å². The number of hydrogen-bond donors (Lipinski definition) is 2. The Hall–Kier alpha value is -2.43. The second-order valence-corrected chi connectivity index (χ2v) is 9.40. The molecule has 0 saturated heterocycles. The molecule has 0 fully saturated rings. The third-order valence-corrected chi connectivity index (χ3v) is 7.23. The van der Waals surface area contributed by atoms with E-state index in [1.165, 1.54) is 27.6 Å².